The Morgan fingerprint density at radius 2 is 1.72 bits per heavy atom. The Morgan fingerprint density at radius 3 is 2.31 bits per heavy atom. The lowest BCUT2D eigenvalue weighted by atomic mass is 10.1. The summed E-state index contributed by atoms with van der Waals surface area (Å²) in [6.07, 6.45) is 0. The number of nitrogens with zero attached hydrogens (tertiary/aromatic N) is 3. The molecule has 3 rings (SSSR count). The molecule has 1 heterocycles. The third kappa shape index (κ3) is 5.07. The van der Waals surface area contributed by atoms with E-state index in [1.165, 1.54) is 0 Å². The Hall–Kier alpha value is -2.15. The molecule has 29 heavy (non-hydrogen) atoms. The van der Waals surface area contributed by atoms with Crippen LogP contribution in [0.4, 0.5) is 5.13 Å². The van der Waals surface area contributed by atoms with Gasteiger partial charge in [-0.15, -0.1) is 12.4 Å². The van der Waals surface area contributed by atoms with E-state index in [9.17, 15) is 4.79 Å². The minimum Gasteiger partial charge on any atom is -0.494 e. The summed E-state index contributed by atoms with van der Waals surface area (Å²) in [5.41, 5.74) is 4.80. The lowest BCUT2D eigenvalue weighted by Crippen LogP contribution is -2.36. The van der Waals surface area contributed by atoms with E-state index in [-0.39, 0.29) is 18.3 Å². The molecule has 0 saturated heterocycles. The van der Waals surface area contributed by atoms with Gasteiger partial charge in [0.25, 0.3) is 5.91 Å². The van der Waals surface area contributed by atoms with Crippen LogP contribution in [0.1, 0.15) is 27.0 Å². The summed E-state index contributed by atoms with van der Waals surface area (Å²) in [7, 11) is 5.66. The second-order valence-corrected chi connectivity index (χ2v) is 8.37. The molecule has 0 aliphatic rings. The van der Waals surface area contributed by atoms with Gasteiger partial charge >= 0.3 is 0 Å². The maximum Gasteiger partial charge on any atom is 0.260 e. The third-order valence-electron chi connectivity index (χ3n) is 4.63. The van der Waals surface area contributed by atoms with Crippen LogP contribution in [0.2, 0.25) is 0 Å². The van der Waals surface area contributed by atoms with Gasteiger partial charge in [-0.2, -0.15) is 0 Å². The molecular weight excluding hydrogens is 406 g/mol. The van der Waals surface area contributed by atoms with Gasteiger partial charge in [0.2, 0.25) is 0 Å². The van der Waals surface area contributed by atoms with Crippen molar-refractivity contribution in [3.05, 3.63) is 52.6 Å². The Bertz CT molecular complexity index is 996. The second-order valence-electron chi connectivity index (χ2n) is 7.40. The zero-order valence-electron chi connectivity index (χ0n) is 17.8. The molecule has 5 nitrogen and oxygen atoms in total. The normalized spacial score (nSPS) is 10.9. The molecule has 2 aromatic carbocycles. The Morgan fingerprint density at radius 1 is 1.07 bits per heavy atom. The lowest BCUT2D eigenvalue weighted by Gasteiger charge is -2.22. The van der Waals surface area contributed by atoms with Crippen LogP contribution in [0.3, 0.4) is 0 Å². The summed E-state index contributed by atoms with van der Waals surface area (Å²) in [4.78, 5) is 22.1. The van der Waals surface area contributed by atoms with E-state index in [0.717, 1.165) is 39.2 Å². The van der Waals surface area contributed by atoms with E-state index in [0.29, 0.717) is 17.2 Å². The van der Waals surface area contributed by atoms with Gasteiger partial charge in [-0.3, -0.25) is 9.69 Å². The minimum atomic E-state index is -0.0238. The van der Waals surface area contributed by atoms with Gasteiger partial charge in [0, 0.05) is 18.7 Å². The number of rotatable bonds is 6. The fourth-order valence-corrected chi connectivity index (χ4v) is 4.29. The SMILES string of the molecule is COc1ccc(C)c2sc(N(CCN(C)C)C(=O)c3cc(C)cc(C)c3)nc12.Cl. The first kappa shape index (κ1) is 23.1. The fraction of sp³-hybridized carbons (Fsp3) is 0.364. The van der Waals surface area contributed by atoms with E-state index < -0.39 is 0 Å². The number of hydrogen-bond acceptors (Lipinski definition) is 5. The first-order valence-corrected chi connectivity index (χ1v) is 10.1. The number of halogens is 1. The number of amides is 1. The summed E-state index contributed by atoms with van der Waals surface area (Å²) in [6.45, 7) is 7.40. The van der Waals surface area contributed by atoms with Crippen molar-refractivity contribution in [2.75, 3.05) is 39.2 Å². The van der Waals surface area contributed by atoms with Gasteiger partial charge in [-0.05, 0) is 58.6 Å². The van der Waals surface area contributed by atoms with Gasteiger partial charge in [0.1, 0.15) is 11.3 Å². The molecule has 0 radical (unpaired) electrons. The zero-order chi connectivity index (χ0) is 20.4. The average Bonchev–Trinajstić information content (AvgIpc) is 3.07. The molecule has 1 amide bonds. The minimum absolute atomic E-state index is 0. The van der Waals surface area contributed by atoms with Crippen molar-refractivity contribution in [3.63, 3.8) is 0 Å². The molecular formula is C22H28ClN3O2S. The number of anilines is 1. The number of carbonyl (C=O) groups excluding carboxylic acids is 1. The number of likely N-dealkylation sites (N-methyl/N-ethyl adjacent to an activating group) is 1. The summed E-state index contributed by atoms with van der Waals surface area (Å²) >= 11 is 1.54. The van der Waals surface area contributed by atoms with Crippen molar-refractivity contribution >= 4 is 45.0 Å². The molecule has 0 spiro atoms. The summed E-state index contributed by atoms with van der Waals surface area (Å²) in [6, 6.07) is 9.91. The average molecular weight is 434 g/mol. The predicted octanol–water partition coefficient (Wildman–Crippen LogP) is 4.86. The highest BCUT2D eigenvalue weighted by atomic mass is 35.5. The fourth-order valence-electron chi connectivity index (χ4n) is 3.22. The topological polar surface area (TPSA) is 45.7 Å². The van der Waals surface area contributed by atoms with E-state index in [2.05, 4.69) is 17.9 Å². The molecule has 0 fully saturated rings. The highest BCUT2D eigenvalue weighted by Crippen LogP contribution is 2.36. The molecule has 0 N–H and O–H groups in total. The lowest BCUT2D eigenvalue weighted by molar-refractivity contribution is 0.0985. The highest BCUT2D eigenvalue weighted by Gasteiger charge is 2.23. The first-order valence-electron chi connectivity index (χ1n) is 9.29. The number of ether oxygens (including phenoxy) is 1. The van der Waals surface area contributed by atoms with Crippen LogP contribution in [-0.2, 0) is 0 Å². The Balaban J connectivity index is 0.00000300. The molecule has 0 saturated carbocycles. The largest absolute Gasteiger partial charge is 0.494 e. The van der Waals surface area contributed by atoms with E-state index in [1.54, 1.807) is 23.3 Å². The summed E-state index contributed by atoms with van der Waals surface area (Å²) in [5.74, 6) is 0.707. The zero-order valence-corrected chi connectivity index (χ0v) is 19.4. The van der Waals surface area contributed by atoms with Crippen LogP contribution in [-0.4, -0.2) is 50.1 Å². The maximum atomic E-state index is 13.4. The van der Waals surface area contributed by atoms with Gasteiger partial charge in [-0.1, -0.05) is 34.6 Å². The summed E-state index contributed by atoms with van der Waals surface area (Å²) < 4.78 is 6.54. The van der Waals surface area contributed by atoms with Gasteiger partial charge < -0.3 is 9.64 Å². The third-order valence-corrected chi connectivity index (χ3v) is 5.84. The number of thiazole rings is 1. The second kappa shape index (κ2) is 9.57. The molecule has 0 unspecified atom stereocenters. The molecule has 7 heteroatoms. The number of hydrogen-bond donors (Lipinski definition) is 0. The van der Waals surface area contributed by atoms with Crippen LogP contribution in [0.25, 0.3) is 10.2 Å². The standard InChI is InChI=1S/C22H27N3O2S.ClH/c1-14-11-15(2)13-17(12-14)21(26)25(10-9-24(4)5)22-23-19-18(27-6)8-7-16(3)20(19)28-22;/h7-8,11-13H,9-10H2,1-6H3;1H. The van der Waals surface area contributed by atoms with Crippen molar-refractivity contribution < 1.29 is 9.53 Å². The number of aromatic nitrogens is 1. The van der Waals surface area contributed by atoms with E-state index >= 15 is 0 Å². The number of fused-ring (bicyclic) bond motifs is 1. The van der Waals surface area contributed by atoms with Gasteiger partial charge in [0.05, 0.1) is 11.8 Å². The van der Waals surface area contributed by atoms with Crippen LogP contribution >= 0.6 is 23.7 Å². The quantitative estimate of drug-likeness (QED) is 0.556. The molecule has 0 atom stereocenters. The molecule has 0 aliphatic carbocycles. The first-order chi connectivity index (χ1) is 13.3. The molecule has 0 aliphatic heterocycles. The Kier molecular flexibility index (Phi) is 7.63. The monoisotopic (exact) mass is 433 g/mol. The van der Waals surface area contributed by atoms with Gasteiger partial charge in [-0.25, -0.2) is 4.98 Å². The van der Waals surface area contributed by atoms with E-state index in [1.807, 2.05) is 52.2 Å². The number of aryl methyl sites for hydroxylation is 3. The Labute approximate surface area is 182 Å². The molecule has 1 aromatic heterocycles. The predicted molar refractivity (Wildman–Crippen MR) is 124 cm³/mol. The smallest absolute Gasteiger partial charge is 0.260 e. The molecule has 156 valence electrons. The maximum absolute atomic E-state index is 13.4. The van der Waals surface area contributed by atoms with Crippen LogP contribution in [0, 0.1) is 20.8 Å². The van der Waals surface area contributed by atoms with E-state index in [4.69, 9.17) is 9.72 Å². The van der Waals surface area contributed by atoms with Crippen molar-refractivity contribution in [2.45, 2.75) is 20.8 Å². The van der Waals surface area contributed by atoms with Crippen molar-refractivity contribution in [2.24, 2.45) is 0 Å². The van der Waals surface area contributed by atoms with Crippen LogP contribution in [0.15, 0.2) is 30.3 Å². The number of methoxy groups -OCH3 is 1. The van der Waals surface area contributed by atoms with Gasteiger partial charge in [0.15, 0.2) is 5.13 Å². The van der Waals surface area contributed by atoms with Crippen molar-refractivity contribution in [1.29, 1.82) is 0 Å². The van der Waals surface area contributed by atoms with Crippen LogP contribution < -0.4 is 9.64 Å². The van der Waals surface area contributed by atoms with Crippen LogP contribution in [0.5, 0.6) is 5.75 Å². The number of carbonyl (C=O) groups is 1. The molecule has 3 aromatic rings. The van der Waals surface area contributed by atoms with Crippen molar-refractivity contribution in [1.82, 2.24) is 9.88 Å². The summed E-state index contributed by atoms with van der Waals surface area (Å²) in [5, 5.41) is 0.702. The molecule has 0 bridgehead atoms. The highest BCUT2D eigenvalue weighted by molar-refractivity contribution is 7.22. The number of benzene rings is 2. The van der Waals surface area contributed by atoms with Crippen molar-refractivity contribution in [3.8, 4) is 5.75 Å².